The monoisotopic (exact) mass is 398 g/mol. The number of hydrogen-bond donors (Lipinski definition) is 0. The molecule has 0 bridgehead atoms. The molecule has 1 atom stereocenters. The Bertz CT molecular complexity index is 8.00. The molecule has 0 spiro atoms. The van der Waals surface area contributed by atoms with Gasteiger partial charge in [-0.25, -0.2) is 0 Å². The first-order valence-corrected chi connectivity index (χ1v) is 0. The predicted octanol–water partition coefficient (Wildman–Crippen LogP) is -2.11. The van der Waals surface area contributed by atoms with E-state index in [-0.39, 0.29) is 79.1 Å². The molecule has 4 heavy (non-hydrogen) atoms. The number of rotatable bonds is 0. The van der Waals surface area contributed by atoms with Crippen molar-refractivity contribution in [3.05, 3.63) is 0 Å². The molecule has 0 nitrogen and oxygen atoms in total. The van der Waals surface area contributed by atoms with Crippen molar-refractivity contribution >= 4 is 45.3 Å². The van der Waals surface area contributed by atoms with Crippen LogP contribution in [-0.4, -0.2) is 45.3 Å². The average Bonchev–Trinajstić information content (AvgIpc) is 0. The van der Waals surface area contributed by atoms with Gasteiger partial charge in [0.2, 0.25) is 0 Å². The van der Waals surface area contributed by atoms with Crippen LogP contribution in [-0.2, 0) is 33.9 Å². The van der Waals surface area contributed by atoms with E-state index in [0.29, 0.717) is 0 Å². The predicted molar refractivity (Wildman–Crippen MR) is 18.5 cm³/mol. The van der Waals surface area contributed by atoms with E-state index in [4.69, 9.17) is 0 Å². The molecular weight excluding hydrogens is 393 g/mol. The standard InChI is InChI=1S/AsH3.Cr.Ni.Pb.2H/h1H3;;;;;. The molecule has 0 saturated heterocycles. The van der Waals surface area contributed by atoms with Crippen LogP contribution in [0.4, 0.5) is 0 Å². The molecule has 0 aromatic heterocycles. The average molecular weight is 398 g/mol. The summed E-state index contributed by atoms with van der Waals surface area (Å²) in [4.78, 5) is 0. The van der Waals surface area contributed by atoms with Crippen LogP contribution in [0.5, 0.6) is 0 Å². The third kappa shape index (κ3) is 8.82. The van der Waals surface area contributed by atoms with Crippen LogP contribution < -0.4 is 0 Å². The molecule has 0 fully saturated rings. The SMILES string of the molecule is [AsH3].[Cr].[Ni].[PbH2]. The van der Waals surface area contributed by atoms with Gasteiger partial charge in [-0.1, -0.05) is 0 Å². The van der Waals surface area contributed by atoms with Crippen molar-refractivity contribution in [2.45, 2.75) is 0 Å². The molecule has 30 valence electrons. The van der Waals surface area contributed by atoms with E-state index >= 15 is 0 Å². The Balaban J connectivity index is 0. The van der Waals surface area contributed by atoms with Crippen LogP contribution >= 0.6 is 0 Å². The summed E-state index contributed by atoms with van der Waals surface area (Å²) in [6.07, 6.45) is 0. The van der Waals surface area contributed by atoms with Crippen LogP contribution in [0.1, 0.15) is 0 Å². The third-order valence-electron chi connectivity index (χ3n) is 0. The van der Waals surface area contributed by atoms with Crippen molar-refractivity contribution < 1.29 is 33.9 Å². The molecule has 0 aromatic rings. The normalized spacial score (nSPS) is 0. The second kappa shape index (κ2) is 17.8. The first kappa shape index (κ1) is 31.4. The molecule has 1 unspecified atom stereocenters. The van der Waals surface area contributed by atoms with Gasteiger partial charge in [0.05, 0.1) is 0 Å². The Kier molecular flexibility index (Phi) is 140. The van der Waals surface area contributed by atoms with E-state index in [1.807, 2.05) is 0 Å². The molecule has 0 heterocycles. The Labute approximate surface area is 78.0 Å². The van der Waals surface area contributed by atoms with Crippen LogP contribution in [0.25, 0.3) is 0 Å². The van der Waals surface area contributed by atoms with Gasteiger partial charge in [0, 0.05) is 33.9 Å². The van der Waals surface area contributed by atoms with Gasteiger partial charge < -0.3 is 0 Å². The van der Waals surface area contributed by atoms with E-state index in [1.165, 1.54) is 0 Å². The molecule has 0 aromatic carbocycles. The quantitative estimate of drug-likeness (QED) is 0.411. The summed E-state index contributed by atoms with van der Waals surface area (Å²) < 4.78 is 0. The van der Waals surface area contributed by atoms with E-state index in [9.17, 15) is 0 Å². The summed E-state index contributed by atoms with van der Waals surface area (Å²) >= 11 is 0. The fourth-order valence-corrected chi connectivity index (χ4v) is 0. The van der Waals surface area contributed by atoms with Crippen molar-refractivity contribution in [3.63, 3.8) is 0 Å². The van der Waals surface area contributed by atoms with E-state index < -0.39 is 0 Å². The first-order valence-electron chi connectivity index (χ1n) is 0. The van der Waals surface area contributed by atoms with E-state index in [0.717, 1.165) is 0 Å². The Morgan fingerprint density at radius 1 is 1.00 bits per heavy atom. The minimum absolute atomic E-state index is 0. The molecule has 0 N–H and O–H groups in total. The minimum atomic E-state index is 0. The van der Waals surface area contributed by atoms with Gasteiger partial charge in [-0.15, -0.1) is 0 Å². The number of hydrogen-bond acceptors (Lipinski definition) is 0. The molecule has 0 amide bonds. The van der Waals surface area contributed by atoms with Crippen molar-refractivity contribution in [3.8, 4) is 0 Å². The van der Waals surface area contributed by atoms with Crippen molar-refractivity contribution in [1.29, 1.82) is 0 Å². The van der Waals surface area contributed by atoms with E-state index in [2.05, 4.69) is 0 Å². The summed E-state index contributed by atoms with van der Waals surface area (Å²) in [7, 11) is 0. The van der Waals surface area contributed by atoms with Gasteiger partial charge in [0.1, 0.15) is 0 Å². The molecule has 0 aliphatic rings. The summed E-state index contributed by atoms with van der Waals surface area (Å²) in [5.41, 5.74) is 0. The van der Waals surface area contributed by atoms with Crippen molar-refractivity contribution in [2.75, 3.05) is 0 Å². The zero-order valence-corrected chi connectivity index (χ0v) is 12.9. The maximum absolute atomic E-state index is 0. The summed E-state index contributed by atoms with van der Waals surface area (Å²) in [5.74, 6) is 0. The molecule has 2 radical (unpaired) electrons. The second-order valence-electron chi connectivity index (χ2n) is 0. The topological polar surface area (TPSA) is 0 Å². The fourth-order valence-electron chi connectivity index (χ4n) is 0. The summed E-state index contributed by atoms with van der Waals surface area (Å²) in [5, 5.41) is 0. The Hall–Kier alpha value is 2.51. The fraction of sp³-hybridized carbons (Fsp3) is 0. The molecule has 0 aliphatic heterocycles. The Morgan fingerprint density at radius 3 is 1.00 bits per heavy atom. The zero-order valence-electron chi connectivity index (χ0n) is 2.14. The van der Waals surface area contributed by atoms with Gasteiger partial charge in [-0.3, -0.25) is 0 Å². The van der Waals surface area contributed by atoms with Crippen molar-refractivity contribution in [2.24, 2.45) is 0 Å². The zero-order chi connectivity index (χ0) is 0. The van der Waals surface area contributed by atoms with Crippen LogP contribution in [0.15, 0.2) is 0 Å². The molecule has 0 saturated carbocycles. The molecule has 0 aliphatic carbocycles. The maximum atomic E-state index is 0. The molecule has 0 rings (SSSR count). The van der Waals surface area contributed by atoms with E-state index in [1.54, 1.807) is 0 Å². The van der Waals surface area contributed by atoms with Gasteiger partial charge >= 0.3 is 45.3 Å². The second-order valence-corrected chi connectivity index (χ2v) is 0. The Morgan fingerprint density at radius 2 is 1.00 bits per heavy atom. The van der Waals surface area contributed by atoms with Crippen LogP contribution in [0.2, 0.25) is 0 Å². The van der Waals surface area contributed by atoms with Crippen LogP contribution in [0.3, 0.4) is 0 Å². The van der Waals surface area contributed by atoms with Crippen molar-refractivity contribution in [1.82, 2.24) is 0 Å². The van der Waals surface area contributed by atoms with Gasteiger partial charge in [-0.05, 0) is 0 Å². The van der Waals surface area contributed by atoms with Crippen LogP contribution in [0, 0.1) is 0 Å². The first-order chi connectivity index (χ1) is 0. The molecule has 4 heteroatoms. The van der Waals surface area contributed by atoms with Gasteiger partial charge in [-0.2, -0.15) is 0 Å². The van der Waals surface area contributed by atoms with Gasteiger partial charge in [0.15, 0.2) is 0 Å². The van der Waals surface area contributed by atoms with Gasteiger partial charge in [0.25, 0.3) is 0 Å². The third-order valence-corrected chi connectivity index (χ3v) is 0. The summed E-state index contributed by atoms with van der Waals surface area (Å²) in [6.45, 7) is 0. The molecular formula is H5AsCrNiPb. The summed E-state index contributed by atoms with van der Waals surface area (Å²) in [6, 6.07) is 0.